The lowest BCUT2D eigenvalue weighted by Crippen LogP contribution is -2.27. The minimum atomic E-state index is 0. The monoisotopic (exact) mass is 431 g/mol. The minimum absolute atomic E-state index is 0. The van der Waals surface area contributed by atoms with E-state index in [1.165, 1.54) is 0 Å². The number of rotatable bonds is 8. The van der Waals surface area contributed by atoms with Gasteiger partial charge in [0.25, 0.3) is 0 Å². The van der Waals surface area contributed by atoms with Gasteiger partial charge in [0.15, 0.2) is 0 Å². The van der Waals surface area contributed by atoms with Gasteiger partial charge in [-0.3, -0.25) is 4.98 Å². The van der Waals surface area contributed by atoms with Gasteiger partial charge < -0.3 is 22.9 Å². The van der Waals surface area contributed by atoms with Crippen LogP contribution in [0.5, 0.6) is 0 Å². The second kappa shape index (κ2) is 20.5. The molecule has 0 aliphatic heterocycles. The van der Waals surface area contributed by atoms with Crippen LogP contribution in [0, 0.1) is 0 Å². The Kier molecular flexibility index (Phi) is 30.9. The van der Waals surface area contributed by atoms with E-state index in [9.17, 15) is 0 Å². The summed E-state index contributed by atoms with van der Waals surface area (Å²) >= 11 is 0. The lowest BCUT2D eigenvalue weighted by molar-refractivity contribution is 0.609. The third-order valence-electron chi connectivity index (χ3n) is 2.92. The second-order valence-corrected chi connectivity index (χ2v) is 4.78. The maximum atomic E-state index is 5.97. The predicted molar refractivity (Wildman–Crippen MR) is 111 cm³/mol. The summed E-state index contributed by atoms with van der Waals surface area (Å²) in [6, 6.07) is 2.33. The van der Waals surface area contributed by atoms with Crippen LogP contribution in [-0.2, 0) is 12.8 Å². The van der Waals surface area contributed by atoms with Gasteiger partial charge in [0.1, 0.15) is 0 Å². The van der Waals surface area contributed by atoms with Crippen LogP contribution in [0.2, 0.25) is 0 Å². The standard InChI is InChI=1S/C13H25N5.5ClH/c14-3-1-12(16)6-10-5-11(9-18-8-10)7-13(17)2-4-15;;;;;/h5,8-9,12-13H,1-4,6-7,14-17H2;5*1H. The van der Waals surface area contributed by atoms with Crippen molar-refractivity contribution < 1.29 is 0 Å². The van der Waals surface area contributed by atoms with Gasteiger partial charge in [-0.05, 0) is 49.9 Å². The van der Waals surface area contributed by atoms with Crippen LogP contribution in [0.25, 0.3) is 0 Å². The van der Waals surface area contributed by atoms with Gasteiger partial charge in [-0.1, -0.05) is 6.07 Å². The molecule has 0 spiro atoms. The van der Waals surface area contributed by atoms with Gasteiger partial charge in [0.05, 0.1) is 0 Å². The number of hydrogen-bond acceptors (Lipinski definition) is 5. The topological polar surface area (TPSA) is 117 Å². The van der Waals surface area contributed by atoms with Crippen LogP contribution in [-0.4, -0.2) is 30.2 Å². The van der Waals surface area contributed by atoms with Crippen molar-refractivity contribution in [2.24, 2.45) is 22.9 Å². The van der Waals surface area contributed by atoms with Crippen molar-refractivity contribution in [3.8, 4) is 0 Å². The van der Waals surface area contributed by atoms with Crippen molar-refractivity contribution in [2.75, 3.05) is 13.1 Å². The van der Waals surface area contributed by atoms with Crippen molar-refractivity contribution in [1.29, 1.82) is 0 Å². The zero-order valence-corrected chi connectivity index (χ0v) is 17.0. The van der Waals surface area contributed by atoms with Gasteiger partial charge >= 0.3 is 0 Å². The van der Waals surface area contributed by atoms with Crippen molar-refractivity contribution in [3.63, 3.8) is 0 Å². The van der Waals surface area contributed by atoms with Crippen molar-refractivity contribution in [3.05, 3.63) is 29.6 Å². The number of pyridine rings is 1. The fraction of sp³-hybridized carbons (Fsp3) is 0.615. The molecule has 0 saturated heterocycles. The Morgan fingerprint density at radius 3 is 1.39 bits per heavy atom. The summed E-state index contributed by atoms with van der Waals surface area (Å²) in [5.74, 6) is 0. The summed E-state index contributed by atoms with van der Waals surface area (Å²) in [5, 5.41) is 0. The molecule has 8 N–H and O–H groups in total. The molecule has 2 atom stereocenters. The van der Waals surface area contributed by atoms with Gasteiger partial charge in [-0.15, -0.1) is 62.0 Å². The highest BCUT2D eigenvalue weighted by Crippen LogP contribution is 2.09. The van der Waals surface area contributed by atoms with E-state index in [2.05, 4.69) is 11.1 Å². The lowest BCUT2D eigenvalue weighted by Gasteiger charge is -2.13. The van der Waals surface area contributed by atoms with Crippen LogP contribution in [0.3, 0.4) is 0 Å². The molecule has 0 radical (unpaired) electrons. The summed E-state index contributed by atoms with van der Waals surface area (Å²) in [6.45, 7) is 1.24. The summed E-state index contributed by atoms with van der Waals surface area (Å²) in [4.78, 5) is 4.24. The van der Waals surface area contributed by atoms with Gasteiger partial charge in [0.2, 0.25) is 0 Å². The Morgan fingerprint density at radius 1 is 0.739 bits per heavy atom. The summed E-state index contributed by atoms with van der Waals surface area (Å²) in [6.07, 6.45) is 6.99. The molecule has 5 nitrogen and oxygen atoms in total. The Balaban J connectivity index is -0.000000216. The van der Waals surface area contributed by atoms with E-state index < -0.39 is 0 Å². The average Bonchev–Trinajstić information content (AvgIpc) is 2.29. The number of halogens is 5. The maximum Gasteiger partial charge on any atom is 0.0300 e. The van der Waals surface area contributed by atoms with E-state index in [-0.39, 0.29) is 74.1 Å². The Bertz CT molecular complexity index is 330. The number of aromatic nitrogens is 1. The van der Waals surface area contributed by atoms with E-state index in [0.717, 1.165) is 36.8 Å². The van der Waals surface area contributed by atoms with Crippen molar-refractivity contribution in [2.45, 2.75) is 37.8 Å². The molecular formula is C13H30Cl5N5. The molecule has 10 heteroatoms. The zero-order chi connectivity index (χ0) is 13.4. The van der Waals surface area contributed by atoms with E-state index in [1.54, 1.807) is 0 Å². The lowest BCUT2D eigenvalue weighted by atomic mass is 10.0. The van der Waals surface area contributed by atoms with Crippen LogP contribution in [0.4, 0.5) is 0 Å². The predicted octanol–water partition coefficient (Wildman–Crippen LogP) is 1.63. The van der Waals surface area contributed by atoms with E-state index >= 15 is 0 Å². The third-order valence-corrected chi connectivity index (χ3v) is 2.92. The molecule has 2 unspecified atom stereocenters. The highest BCUT2D eigenvalue weighted by molar-refractivity contribution is 5.86. The molecule has 0 fully saturated rings. The SMILES string of the molecule is Cl.Cl.Cl.Cl.Cl.NCCC(N)Cc1cncc(CC(N)CCN)c1. The molecule has 0 saturated carbocycles. The highest BCUT2D eigenvalue weighted by Gasteiger charge is 2.07. The van der Waals surface area contributed by atoms with Crippen molar-refractivity contribution in [1.82, 2.24) is 4.98 Å². The molecule has 1 rings (SSSR count). The van der Waals surface area contributed by atoms with Crippen LogP contribution in [0.15, 0.2) is 18.5 Å². The number of nitrogens with zero attached hydrogens (tertiary/aromatic N) is 1. The molecule has 23 heavy (non-hydrogen) atoms. The smallest absolute Gasteiger partial charge is 0.0300 e. The number of nitrogens with two attached hydrogens (primary N) is 4. The average molecular weight is 434 g/mol. The van der Waals surface area contributed by atoms with E-state index in [0.29, 0.717) is 13.1 Å². The second-order valence-electron chi connectivity index (χ2n) is 4.78. The number of hydrogen-bond donors (Lipinski definition) is 4. The van der Waals surface area contributed by atoms with Crippen LogP contribution < -0.4 is 22.9 Å². The summed E-state index contributed by atoms with van der Waals surface area (Å²) in [7, 11) is 0. The Morgan fingerprint density at radius 2 is 1.09 bits per heavy atom. The highest BCUT2D eigenvalue weighted by atomic mass is 35.5. The summed E-state index contributed by atoms with van der Waals surface area (Å²) in [5.41, 5.74) is 25.2. The van der Waals surface area contributed by atoms with Gasteiger partial charge in [-0.2, -0.15) is 0 Å². The largest absolute Gasteiger partial charge is 0.330 e. The Labute approximate surface area is 170 Å². The first kappa shape index (κ1) is 34.7. The molecule has 142 valence electrons. The molecule has 1 aromatic heterocycles. The molecule has 0 amide bonds. The first-order chi connectivity index (χ1) is 8.65. The van der Waals surface area contributed by atoms with E-state index in [4.69, 9.17) is 22.9 Å². The van der Waals surface area contributed by atoms with Gasteiger partial charge in [0, 0.05) is 24.5 Å². The molecule has 0 aromatic carbocycles. The minimum Gasteiger partial charge on any atom is -0.330 e. The van der Waals surface area contributed by atoms with E-state index in [1.807, 2.05) is 12.4 Å². The van der Waals surface area contributed by atoms with Crippen molar-refractivity contribution >= 4 is 62.0 Å². The fourth-order valence-electron chi connectivity index (χ4n) is 2.00. The quantitative estimate of drug-likeness (QED) is 0.497. The fourth-order valence-corrected chi connectivity index (χ4v) is 2.00. The molecule has 0 bridgehead atoms. The van der Waals surface area contributed by atoms with Crippen LogP contribution >= 0.6 is 62.0 Å². The molecule has 0 aliphatic carbocycles. The normalized spacial score (nSPS) is 11.3. The maximum absolute atomic E-state index is 5.97. The van der Waals surface area contributed by atoms with Gasteiger partial charge in [-0.25, -0.2) is 0 Å². The molecule has 1 heterocycles. The molecular weight excluding hydrogens is 403 g/mol. The third kappa shape index (κ3) is 15.7. The first-order valence-electron chi connectivity index (χ1n) is 6.49. The first-order valence-corrected chi connectivity index (χ1v) is 6.49. The summed E-state index contributed by atoms with van der Waals surface area (Å²) < 4.78 is 0. The zero-order valence-electron chi connectivity index (χ0n) is 12.9. The molecule has 0 aliphatic rings. The molecule has 1 aromatic rings. The Hall–Kier alpha value is 0.440. The van der Waals surface area contributed by atoms with Crippen LogP contribution in [0.1, 0.15) is 24.0 Å².